The number of hydrogen-bond acceptors (Lipinski definition) is 6. The fourth-order valence-electron chi connectivity index (χ4n) is 4.50. The average molecular weight is 487 g/mol. The molecule has 0 saturated carbocycles. The van der Waals surface area contributed by atoms with Crippen molar-refractivity contribution in [1.29, 1.82) is 0 Å². The Balaban J connectivity index is 1.82. The van der Waals surface area contributed by atoms with E-state index in [0.29, 0.717) is 12.8 Å². The fourth-order valence-corrected chi connectivity index (χ4v) is 4.50. The van der Waals surface area contributed by atoms with Crippen LogP contribution in [0.5, 0.6) is 0 Å². The molecule has 1 aliphatic heterocycles. The first kappa shape index (κ1) is 31.0. The largest absolute Gasteiger partial charge is 0.481 e. The summed E-state index contributed by atoms with van der Waals surface area (Å²) in [6.45, 7) is 3.83. The van der Waals surface area contributed by atoms with Crippen molar-refractivity contribution in [1.82, 2.24) is 0 Å². The zero-order valence-electron chi connectivity index (χ0n) is 21.6. The molecule has 0 aliphatic carbocycles. The molecule has 7 nitrogen and oxygen atoms in total. The zero-order valence-corrected chi connectivity index (χ0v) is 21.6. The highest BCUT2D eigenvalue weighted by molar-refractivity contribution is 5.94. The monoisotopic (exact) mass is 486 g/mol. The number of Topliss-reactive ketones (excluding diaryl/α,β-unsaturated/α-hetero) is 1. The van der Waals surface area contributed by atoms with E-state index in [1.54, 1.807) is 6.92 Å². The van der Waals surface area contributed by atoms with Crippen molar-refractivity contribution >= 4 is 11.8 Å². The first-order valence-corrected chi connectivity index (χ1v) is 13.7. The van der Waals surface area contributed by atoms with Gasteiger partial charge in [-0.15, -0.1) is 0 Å². The van der Waals surface area contributed by atoms with Gasteiger partial charge in [-0.25, -0.2) is 0 Å². The number of aliphatic hydroxyl groups is 2. The van der Waals surface area contributed by atoms with Gasteiger partial charge in [-0.1, -0.05) is 83.5 Å². The van der Waals surface area contributed by atoms with E-state index in [-0.39, 0.29) is 24.4 Å². The molecule has 1 aliphatic rings. The van der Waals surface area contributed by atoms with Crippen LogP contribution in [0.25, 0.3) is 0 Å². The van der Waals surface area contributed by atoms with E-state index in [9.17, 15) is 19.8 Å². The third-order valence-corrected chi connectivity index (χ3v) is 6.72. The summed E-state index contributed by atoms with van der Waals surface area (Å²) in [6, 6.07) is 0. The minimum atomic E-state index is -1.02. The normalized spacial score (nSPS) is 23.6. The summed E-state index contributed by atoms with van der Waals surface area (Å²) in [5.74, 6) is -1.18. The predicted molar refractivity (Wildman–Crippen MR) is 133 cm³/mol. The van der Waals surface area contributed by atoms with E-state index in [0.717, 1.165) is 32.1 Å². The van der Waals surface area contributed by atoms with Crippen LogP contribution in [-0.4, -0.2) is 57.8 Å². The van der Waals surface area contributed by atoms with Gasteiger partial charge in [0.05, 0.1) is 18.3 Å². The lowest BCUT2D eigenvalue weighted by molar-refractivity contribution is -0.273. The standard InChI is InChI=1S/C27H50O7/c1-21(33-27-25(30)20-24(29)22(2)34-27)17-15-13-11-9-7-5-3-4-6-8-10-12-14-16-18-23(28)19-26(31)32/h21-22,24-25,27,29-30H,3-20H2,1-2H3,(H,31,32)/t21-,22+,24-,25-,27-/m1/s1. The summed E-state index contributed by atoms with van der Waals surface area (Å²) < 4.78 is 11.4. The fraction of sp³-hybridized carbons (Fsp3) is 0.926. The van der Waals surface area contributed by atoms with Crippen LogP contribution in [0.15, 0.2) is 0 Å². The van der Waals surface area contributed by atoms with Gasteiger partial charge in [0.2, 0.25) is 0 Å². The average Bonchev–Trinajstić information content (AvgIpc) is 2.76. The summed E-state index contributed by atoms with van der Waals surface area (Å²) in [4.78, 5) is 21.7. The number of aliphatic carboxylic acids is 1. The summed E-state index contributed by atoms with van der Waals surface area (Å²) >= 11 is 0. The highest BCUT2D eigenvalue weighted by Crippen LogP contribution is 2.23. The molecule has 1 rings (SSSR count). The van der Waals surface area contributed by atoms with Gasteiger partial charge in [-0.2, -0.15) is 0 Å². The Bertz CT molecular complexity index is 539. The maximum Gasteiger partial charge on any atom is 0.310 e. The number of hydrogen-bond donors (Lipinski definition) is 3. The number of unbranched alkanes of at least 4 members (excludes halogenated alkanes) is 13. The molecule has 0 aromatic rings. The van der Waals surface area contributed by atoms with Gasteiger partial charge in [0.1, 0.15) is 18.3 Å². The molecule has 1 saturated heterocycles. The zero-order chi connectivity index (χ0) is 25.2. The topological polar surface area (TPSA) is 113 Å². The van der Waals surface area contributed by atoms with E-state index in [1.807, 2.05) is 6.92 Å². The van der Waals surface area contributed by atoms with Crippen LogP contribution in [-0.2, 0) is 19.1 Å². The van der Waals surface area contributed by atoms with Crippen LogP contribution in [0.3, 0.4) is 0 Å². The maximum atomic E-state index is 11.3. The summed E-state index contributed by atoms with van der Waals surface area (Å²) in [5.41, 5.74) is 0. The van der Waals surface area contributed by atoms with Crippen LogP contribution in [0.4, 0.5) is 0 Å². The molecule has 200 valence electrons. The molecular formula is C27H50O7. The van der Waals surface area contributed by atoms with Gasteiger partial charge in [-0.05, 0) is 26.7 Å². The number of ether oxygens (including phenoxy) is 2. The number of carbonyl (C=O) groups excluding carboxylic acids is 1. The lowest BCUT2D eigenvalue weighted by Crippen LogP contribution is -2.48. The van der Waals surface area contributed by atoms with Gasteiger partial charge in [0, 0.05) is 12.8 Å². The van der Waals surface area contributed by atoms with Gasteiger partial charge in [-0.3, -0.25) is 9.59 Å². The van der Waals surface area contributed by atoms with Crippen molar-refractivity contribution in [2.75, 3.05) is 0 Å². The van der Waals surface area contributed by atoms with E-state index < -0.39 is 24.5 Å². The number of carboxylic acids is 1. The smallest absolute Gasteiger partial charge is 0.310 e. The Labute approximate surface area is 206 Å². The number of aliphatic hydroxyl groups excluding tert-OH is 2. The summed E-state index contributed by atoms with van der Waals surface area (Å²) in [7, 11) is 0. The van der Waals surface area contributed by atoms with Gasteiger partial charge in [0.25, 0.3) is 0 Å². The molecule has 0 radical (unpaired) electrons. The lowest BCUT2D eigenvalue weighted by atomic mass is 10.0. The molecule has 0 spiro atoms. The van der Waals surface area contributed by atoms with Crippen molar-refractivity contribution in [3.05, 3.63) is 0 Å². The van der Waals surface area contributed by atoms with Crippen LogP contribution in [0.2, 0.25) is 0 Å². The van der Waals surface area contributed by atoms with E-state index in [2.05, 4.69) is 0 Å². The third-order valence-electron chi connectivity index (χ3n) is 6.72. The van der Waals surface area contributed by atoms with Gasteiger partial charge >= 0.3 is 5.97 Å². The van der Waals surface area contributed by atoms with Crippen molar-refractivity contribution in [3.8, 4) is 0 Å². The van der Waals surface area contributed by atoms with Crippen LogP contribution in [0, 0.1) is 0 Å². The van der Waals surface area contributed by atoms with E-state index in [1.165, 1.54) is 64.2 Å². The van der Waals surface area contributed by atoms with Crippen molar-refractivity contribution in [2.24, 2.45) is 0 Å². The van der Waals surface area contributed by atoms with Crippen molar-refractivity contribution in [3.63, 3.8) is 0 Å². The molecule has 1 heterocycles. The first-order valence-electron chi connectivity index (χ1n) is 13.7. The molecule has 0 bridgehead atoms. The maximum absolute atomic E-state index is 11.3. The highest BCUT2D eigenvalue weighted by atomic mass is 16.7. The summed E-state index contributed by atoms with van der Waals surface area (Å²) in [6.07, 6.45) is 15.9. The highest BCUT2D eigenvalue weighted by Gasteiger charge is 2.35. The quantitative estimate of drug-likeness (QED) is 0.144. The Morgan fingerprint density at radius 2 is 1.29 bits per heavy atom. The van der Waals surface area contributed by atoms with Gasteiger partial charge in [0.15, 0.2) is 6.29 Å². The van der Waals surface area contributed by atoms with Crippen molar-refractivity contribution < 1.29 is 34.4 Å². The second-order valence-corrected chi connectivity index (χ2v) is 10.1. The van der Waals surface area contributed by atoms with Crippen LogP contribution in [0.1, 0.15) is 129 Å². The Morgan fingerprint density at radius 1 is 0.824 bits per heavy atom. The third kappa shape index (κ3) is 15.8. The first-order chi connectivity index (χ1) is 16.3. The Morgan fingerprint density at radius 3 is 1.79 bits per heavy atom. The minimum Gasteiger partial charge on any atom is -0.481 e. The predicted octanol–water partition coefficient (Wildman–Crippen LogP) is 5.53. The molecule has 7 heteroatoms. The Kier molecular flexibility index (Phi) is 17.5. The van der Waals surface area contributed by atoms with E-state index in [4.69, 9.17) is 14.6 Å². The number of carboxylic acid groups (broad SMARTS) is 1. The molecule has 0 amide bonds. The lowest BCUT2D eigenvalue weighted by Gasteiger charge is -2.36. The van der Waals surface area contributed by atoms with Gasteiger partial charge < -0.3 is 24.8 Å². The van der Waals surface area contributed by atoms with E-state index >= 15 is 0 Å². The molecule has 0 aromatic heterocycles. The molecule has 5 atom stereocenters. The number of carbonyl (C=O) groups is 2. The minimum absolute atomic E-state index is 0.0431. The second-order valence-electron chi connectivity index (χ2n) is 10.1. The molecule has 34 heavy (non-hydrogen) atoms. The number of rotatable bonds is 21. The molecule has 0 aromatic carbocycles. The molecular weight excluding hydrogens is 436 g/mol. The Hall–Kier alpha value is -1.02. The molecule has 1 fully saturated rings. The van der Waals surface area contributed by atoms with Crippen LogP contribution >= 0.6 is 0 Å². The molecule has 3 N–H and O–H groups in total. The molecule has 0 unspecified atom stereocenters. The SMILES string of the molecule is C[C@H](CCCCCCCCCCCCCCCCC(=O)CC(=O)O)O[C@@H]1O[C@@H](C)[C@H](O)C[C@H]1O. The van der Waals surface area contributed by atoms with Crippen LogP contribution < -0.4 is 0 Å². The number of ketones is 1. The van der Waals surface area contributed by atoms with Crippen molar-refractivity contribution in [2.45, 2.75) is 160 Å². The summed E-state index contributed by atoms with van der Waals surface area (Å²) in [5, 5.41) is 28.3. The second kappa shape index (κ2) is 19.2.